The molecule has 0 aromatic heterocycles. The lowest BCUT2D eigenvalue weighted by Gasteiger charge is -2.22. The van der Waals surface area contributed by atoms with Crippen LogP contribution in [0.3, 0.4) is 0 Å². The number of hydrogen-bond donors (Lipinski definition) is 1. The minimum absolute atomic E-state index is 0.0793. The lowest BCUT2D eigenvalue weighted by Crippen LogP contribution is -2.36. The van der Waals surface area contributed by atoms with Crippen molar-refractivity contribution in [2.75, 3.05) is 20.1 Å². The molecule has 0 heterocycles. The zero-order chi connectivity index (χ0) is 18.5. The van der Waals surface area contributed by atoms with Gasteiger partial charge in [0.15, 0.2) is 0 Å². The quantitative estimate of drug-likeness (QED) is 0.778. The molecule has 0 bridgehead atoms. The Hall–Kier alpha value is -1.93. The molecular formula is C16H24N2O5S. The number of nitrogens with zero attached hydrogens (tertiary/aromatic N) is 1. The molecule has 0 aliphatic carbocycles. The van der Waals surface area contributed by atoms with E-state index in [1.165, 1.54) is 36.2 Å². The van der Waals surface area contributed by atoms with E-state index in [4.69, 9.17) is 4.74 Å². The predicted octanol–water partition coefficient (Wildman–Crippen LogP) is 1.40. The number of likely N-dealkylation sites (N-methyl/N-ethyl adjacent to an activating group) is 1. The second-order valence-electron chi connectivity index (χ2n) is 6.27. The van der Waals surface area contributed by atoms with Gasteiger partial charge < -0.3 is 9.64 Å². The summed E-state index contributed by atoms with van der Waals surface area (Å²) in [6.45, 7) is 7.01. The van der Waals surface area contributed by atoms with E-state index in [1.807, 2.05) is 0 Å². The molecule has 0 aliphatic heterocycles. The number of nitrogens with one attached hydrogen (secondary N) is 1. The molecule has 1 rings (SSSR count). The van der Waals surface area contributed by atoms with Gasteiger partial charge in [-0.2, -0.15) is 0 Å². The lowest BCUT2D eigenvalue weighted by molar-refractivity contribution is -0.155. The fraction of sp³-hybridized carbons (Fsp3) is 0.500. The van der Waals surface area contributed by atoms with E-state index in [1.54, 1.807) is 27.7 Å². The van der Waals surface area contributed by atoms with E-state index in [2.05, 4.69) is 4.72 Å². The summed E-state index contributed by atoms with van der Waals surface area (Å²) in [7, 11) is -2.08. The molecule has 7 nitrogen and oxygen atoms in total. The van der Waals surface area contributed by atoms with Crippen LogP contribution in [0.5, 0.6) is 0 Å². The largest absolute Gasteiger partial charge is 0.459 e. The molecule has 24 heavy (non-hydrogen) atoms. The molecule has 0 radical (unpaired) electrons. The van der Waals surface area contributed by atoms with Crippen molar-refractivity contribution in [1.82, 2.24) is 9.62 Å². The van der Waals surface area contributed by atoms with Crippen LogP contribution in [0.2, 0.25) is 0 Å². The Morgan fingerprint density at radius 2 is 1.71 bits per heavy atom. The first-order valence-corrected chi connectivity index (χ1v) is 9.01. The van der Waals surface area contributed by atoms with E-state index in [-0.39, 0.29) is 23.5 Å². The van der Waals surface area contributed by atoms with Crippen molar-refractivity contribution in [3.63, 3.8) is 0 Å². The average molecular weight is 356 g/mol. The van der Waals surface area contributed by atoms with E-state index in [0.717, 1.165) is 0 Å². The second kappa shape index (κ2) is 7.76. The van der Waals surface area contributed by atoms with Crippen LogP contribution >= 0.6 is 0 Å². The summed E-state index contributed by atoms with van der Waals surface area (Å²) in [4.78, 5) is 25.3. The van der Waals surface area contributed by atoms with Gasteiger partial charge in [0.05, 0.1) is 4.90 Å². The first-order chi connectivity index (χ1) is 11.0. The van der Waals surface area contributed by atoms with Gasteiger partial charge in [-0.3, -0.25) is 9.59 Å². The SMILES string of the molecule is CCNS(=O)(=O)c1ccc(C(=O)N(C)CC(=O)OC(C)(C)C)cc1. The Labute approximate surface area is 143 Å². The van der Waals surface area contributed by atoms with Gasteiger partial charge in [-0.15, -0.1) is 0 Å². The fourth-order valence-corrected chi connectivity index (χ4v) is 2.95. The zero-order valence-corrected chi connectivity index (χ0v) is 15.4. The van der Waals surface area contributed by atoms with E-state index in [9.17, 15) is 18.0 Å². The fourth-order valence-electron chi connectivity index (χ4n) is 1.91. The summed E-state index contributed by atoms with van der Waals surface area (Å²) in [5.74, 6) is -0.905. The molecule has 1 N–H and O–H groups in total. The number of rotatable bonds is 6. The third kappa shape index (κ3) is 5.93. The van der Waals surface area contributed by atoms with Crippen molar-refractivity contribution >= 4 is 21.9 Å². The van der Waals surface area contributed by atoms with Gasteiger partial charge in [-0.05, 0) is 45.0 Å². The van der Waals surface area contributed by atoms with Crippen molar-refractivity contribution in [1.29, 1.82) is 0 Å². The Balaban J connectivity index is 2.80. The minimum atomic E-state index is -3.56. The molecule has 0 unspecified atom stereocenters. The molecule has 0 saturated heterocycles. The molecular weight excluding hydrogens is 332 g/mol. The van der Waals surface area contributed by atoms with Gasteiger partial charge in [0, 0.05) is 19.2 Å². The molecule has 1 aromatic carbocycles. The van der Waals surface area contributed by atoms with Gasteiger partial charge >= 0.3 is 5.97 Å². The number of sulfonamides is 1. The van der Waals surface area contributed by atoms with Crippen LogP contribution in [-0.2, 0) is 19.6 Å². The van der Waals surface area contributed by atoms with Crippen LogP contribution in [0, 0.1) is 0 Å². The first kappa shape index (κ1) is 20.1. The molecule has 134 valence electrons. The maximum absolute atomic E-state index is 12.3. The van der Waals surface area contributed by atoms with Crippen LogP contribution in [0.4, 0.5) is 0 Å². The molecule has 0 spiro atoms. The Bertz CT molecular complexity index is 690. The summed E-state index contributed by atoms with van der Waals surface area (Å²) >= 11 is 0. The standard InChI is InChI=1S/C16H24N2O5S/c1-6-17-24(21,22)13-9-7-12(8-10-13)15(20)18(5)11-14(19)23-16(2,3)4/h7-10,17H,6,11H2,1-5H3. The monoisotopic (exact) mass is 356 g/mol. The number of carbonyl (C=O) groups is 2. The third-order valence-corrected chi connectivity index (χ3v) is 4.44. The third-order valence-electron chi connectivity index (χ3n) is 2.88. The number of ether oxygens (including phenoxy) is 1. The summed E-state index contributed by atoms with van der Waals surface area (Å²) in [6.07, 6.45) is 0. The van der Waals surface area contributed by atoms with Crippen LogP contribution in [0.1, 0.15) is 38.1 Å². The molecule has 8 heteroatoms. The molecule has 0 fully saturated rings. The second-order valence-corrected chi connectivity index (χ2v) is 8.04. The summed E-state index contributed by atoms with van der Waals surface area (Å²) in [6, 6.07) is 5.54. The van der Waals surface area contributed by atoms with Crippen molar-refractivity contribution in [3.05, 3.63) is 29.8 Å². The molecule has 0 atom stereocenters. The average Bonchev–Trinajstić information content (AvgIpc) is 2.44. The van der Waals surface area contributed by atoms with E-state index < -0.39 is 27.5 Å². The van der Waals surface area contributed by atoms with E-state index >= 15 is 0 Å². The van der Waals surface area contributed by atoms with Crippen molar-refractivity contribution in [3.8, 4) is 0 Å². The van der Waals surface area contributed by atoms with Crippen LogP contribution in [-0.4, -0.2) is 50.9 Å². The van der Waals surface area contributed by atoms with Gasteiger partial charge in [-0.1, -0.05) is 6.92 Å². The highest BCUT2D eigenvalue weighted by Gasteiger charge is 2.21. The van der Waals surface area contributed by atoms with Crippen LogP contribution in [0.15, 0.2) is 29.2 Å². The van der Waals surface area contributed by atoms with Crippen LogP contribution in [0.25, 0.3) is 0 Å². The Kier molecular flexibility index (Phi) is 6.50. The normalized spacial score (nSPS) is 11.9. The van der Waals surface area contributed by atoms with E-state index in [0.29, 0.717) is 0 Å². The number of esters is 1. The highest BCUT2D eigenvalue weighted by molar-refractivity contribution is 7.89. The molecule has 1 amide bonds. The maximum atomic E-state index is 12.3. The first-order valence-electron chi connectivity index (χ1n) is 7.53. The molecule has 1 aromatic rings. The highest BCUT2D eigenvalue weighted by atomic mass is 32.2. The number of amides is 1. The van der Waals surface area contributed by atoms with Crippen molar-refractivity contribution < 1.29 is 22.7 Å². The van der Waals surface area contributed by atoms with Gasteiger partial charge in [0.2, 0.25) is 10.0 Å². The number of carbonyl (C=O) groups excluding carboxylic acids is 2. The predicted molar refractivity (Wildman–Crippen MR) is 90.1 cm³/mol. The van der Waals surface area contributed by atoms with Crippen molar-refractivity contribution in [2.45, 2.75) is 38.2 Å². The summed E-state index contributed by atoms with van der Waals surface area (Å²) in [5, 5.41) is 0. The lowest BCUT2D eigenvalue weighted by atomic mass is 10.2. The minimum Gasteiger partial charge on any atom is -0.459 e. The number of hydrogen-bond acceptors (Lipinski definition) is 5. The van der Waals surface area contributed by atoms with Crippen molar-refractivity contribution in [2.24, 2.45) is 0 Å². The maximum Gasteiger partial charge on any atom is 0.326 e. The summed E-state index contributed by atoms with van der Waals surface area (Å²) < 4.78 is 31.3. The van der Waals surface area contributed by atoms with Gasteiger partial charge in [-0.25, -0.2) is 13.1 Å². The number of benzene rings is 1. The summed E-state index contributed by atoms with van der Waals surface area (Å²) in [5.41, 5.74) is -0.333. The Morgan fingerprint density at radius 1 is 1.17 bits per heavy atom. The smallest absolute Gasteiger partial charge is 0.326 e. The zero-order valence-electron chi connectivity index (χ0n) is 14.6. The van der Waals surface area contributed by atoms with Crippen LogP contribution < -0.4 is 4.72 Å². The molecule has 0 aliphatic rings. The topological polar surface area (TPSA) is 92.8 Å². The van der Waals surface area contributed by atoms with Gasteiger partial charge in [0.1, 0.15) is 12.1 Å². The van der Waals surface area contributed by atoms with Gasteiger partial charge in [0.25, 0.3) is 5.91 Å². The molecule has 0 saturated carbocycles. The highest BCUT2D eigenvalue weighted by Crippen LogP contribution is 2.12. The Morgan fingerprint density at radius 3 is 2.17 bits per heavy atom.